The molecule has 1 atom stereocenters. The van der Waals surface area contributed by atoms with Gasteiger partial charge < -0.3 is 10.2 Å². The van der Waals surface area contributed by atoms with Crippen LogP contribution in [-0.4, -0.2) is 50.0 Å². The summed E-state index contributed by atoms with van der Waals surface area (Å²) in [5.74, 6) is -0.960. The van der Waals surface area contributed by atoms with Crippen molar-refractivity contribution in [1.82, 2.24) is 10.2 Å². The largest absolute Gasteiger partial charge is 0.352 e. The molecule has 0 saturated heterocycles. The van der Waals surface area contributed by atoms with Gasteiger partial charge in [0, 0.05) is 34.1 Å². The van der Waals surface area contributed by atoms with Crippen LogP contribution in [0.15, 0.2) is 66.7 Å². The fourth-order valence-corrected chi connectivity index (χ4v) is 5.77. The van der Waals surface area contributed by atoms with Crippen molar-refractivity contribution in [1.29, 1.82) is 0 Å². The molecular weight excluding hydrogens is 593 g/mol. The van der Waals surface area contributed by atoms with Crippen molar-refractivity contribution in [3.63, 3.8) is 0 Å². The molecule has 0 spiro atoms. The molecule has 0 aliphatic carbocycles. The first-order valence-electron chi connectivity index (χ1n) is 12.6. The molecule has 0 radical (unpaired) electrons. The molecule has 0 aliphatic rings. The van der Waals surface area contributed by atoms with Gasteiger partial charge in [-0.15, -0.1) is 0 Å². The summed E-state index contributed by atoms with van der Waals surface area (Å²) < 4.78 is 26.9. The summed E-state index contributed by atoms with van der Waals surface area (Å²) in [6.07, 6.45) is 1.22. The topological polar surface area (TPSA) is 86.8 Å². The van der Waals surface area contributed by atoms with Gasteiger partial charge in [-0.1, -0.05) is 77.3 Å². The zero-order valence-corrected chi connectivity index (χ0v) is 25.8. The highest BCUT2D eigenvalue weighted by atomic mass is 35.5. The summed E-state index contributed by atoms with van der Waals surface area (Å²) in [7, 11) is -3.91. The molecule has 0 aliphatic heterocycles. The maximum absolute atomic E-state index is 14.1. The van der Waals surface area contributed by atoms with E-state index in [1.54, 1.807) is 43.3 Å². The number of nitrogens with one attached hydrogen (secondary N) is 1. The van der Waals surface area contributed by atoms with Crippen molar-refractivity contribution < 1.29 is 18.0 Å². The second-order valence-electron chi connectivity index (χ2n) is 9.78. The molecule has 214 valence electrons. The SMILES string of the molecule is Cc1c(Cl)cccc1N(CC(=O)N(Cc1ccc(Cl)cc1Cl)[C@H](Cc1ccccc1)C(=O)NC(C)C)S(C)(=O)=O. The van der Waals surface area contributed by atoms with Crippen molar-refractivity contribution in [3.05, 3.63) is 98.5 Å². The smallest absolute Gasteiger partial charge is 0.244 e. The number of halogens is 3. The Morgan fingerprint density at radius 1 is 0.925 bits per heavy atom. The molecule has 3 rings (SSSR count). The van der Waals surface area contributed by atoms with Crippen molar-refractivity contribution in [2.24, 2.45) is 0 Å². The van der Waals surface area contributed by atoms with Crippen LogP contribution in [0.2, 0.25) is 15.1 Å². The second kappa shape index (κ2) is 13.7. The molecule has 3 aromatic carbocycles. The number of amides is 2. The molecule has 0 aromatic heterocycles. The van der Waals surface area contributed by atoms with E-state index >= 15 is 0 Å². The van der Waals surface area contributed by atoms with Crippen molar-refractivity contribution >= 4 is 62.3 Å². The van der Waals surface area contributed by atoms with Crippen LogP contribution in [0, 0.1) is 6.92 Å². The number of rotatable bonds is 11. The van der Waals surface area contributed by atoms with Gasteiger partial charge in [-0.05, 0) is 61.7 Å². The van der Waals surface area contributed by atoms with Gasteiger partial charge in [0.1, 0.15) is 12.6 Å². The highest BCUT2D eigenvalue weighted by Crippen LogP contribution is 2.29. The zero-order valence-electron chi connectivity index (χ0n) is 22.7. The summed E-state index contributed by atoms with van der Waals surface area (Å²) in [5.41, 5.74) is 2.17. The lowest BCUT2D eigenvalue weighted by atomic mass is 10.0. The van der Waals surface area contributed by atoms with Crippen LogP contribution < -0.4 is 9.62 Å². The Morgan fingerprint density at radius 2 is 1.60 bits per heavy atom. The Labute approximate surface area is 251 Å². The number of benzene rings is 3. The van der Waals surface area contributed by atoms with E-state index in [2.05, 4.69) is 5.32 Å². The third kappa shape index (κ3) is 8.36. The number of carbonyl (C=O) groups excluding carboxylic acids is 2. The van der Waals surface area contributed by atoms with Gasteiger partial charge in [0.05, 0.1) is 11.9 Å². The minimum Gasteiger partial charge on any atom is -0.352 e. The summed E-state index contributed by atoms with van der Waals surface area (Å²) in [5, 5.41) is 4.01. The lowest BCUT2D eigenvalue weighted by molar-refractivity contribution is -0.140. The number of anilines is 1. The minimum absolute atomic E-state index is 0.0516. The summed E-state index contributed by atoms with van der Waals surface area (Å²) >= 11 is 18.9. The van der Waals surface area contributed by atoms with Gasteiger partial charge in [0.2, 0.25) is 21.8 Å². The Hall–Kier alpha value is -2.78. The zero-order chi connectivity index (χ0) is 29.6. The number of sulfonamides is 1. The molecular formula is C29H32Cl3N3O4S. The third-order valence-electron chi connectivity index (χ3n) is 6.24. The van der Waals surface area contributed by atoms with E-state index in [-0.39, 0.29) is 30.6 Å². The molecule has 7 nitrogen and oxygen atoms in total. The molecule has 0 heterocycles. The molecule has 2 amide bonds. The predicted molar refractivity (Wildman–Crippen MR) is 163 cm³/mol. The summed E-state index contributed by atoms with van der Waals surface area (Å²) in [4.78, 5) is 29.1. The van der Waals surface area contributed by atoms with Crippen LogP contribution in [0.25, 0.3) is 0 Å². The first-order chi connectivity index (χ1) is 18.8. The Kier molecular flexibility index (Phi) is 10.9. The van der Waals surface area contributed by atoms with Crippen molar-refractivity contribution in [2.45, 2.75) is 45.8 Å². The summed E-state index contributed by atoms with van der Waals surface area (Å²) in [6.45, 7) is 4.73. The first kappa shape index (κ1) is 31.7. The van der Waals surface area contributed by atoms with Gasteiger partial charge in [-0.25, -0.2) is 8.42 Å². The number of carbonyl (C=O) groups is 2. The molecule has 0 saturated carbocycles. The summed E-state index contributed by atoms with van der Waals surface area (Å²) in [6, 6.07) is 17.9. The molecule has 0 fully saturated rings. The van der Waals surface area contributed by atoms with E-state index in [1.165, 1.54) is 4.90 Å². The quantitative estimate of drug-likeness (QED) is 0.289. The molecule has 11 heteroatoms. The van der Waals surface area contributed by atoms with E-state index in [4.69, 9.17) is 34.8 Å². The van der Waals surface area contributed by atoms with Gasteiger partial charge in [-0.3, -0.25) is 13.9 Å². The van der Waals surface area contributed by atoms with Crippen molar-refractivity contribution in [3.8, 4) is 0 Å². The molecule has 0 unspecified atom stereocenters. The number of hydrogen-bond acceptors (Lipinski definition) is 4. The van der Waals surface area contributed by atoms with E-state index in [1.807, 2.05) is 44.2 Å². The van der Waals surface area contributed by atoms with Gasteiger partial charge in [0.25, 0.3) is 0 Å². The Morgan fingerprint density at radius 3 is 2.20 bits per heavy atom. The molecule has 3 aromatic rings. The predicted octanol–water partition coefficient (Wildman–Crippen LogP) is 5.89. The maximum atomic E-state index is 14.1. The van der Waals surface area contributed by atoms with Gasteiger partial charge >= 0.3 is 0 Å². The van der Waals surface area contributed by atoms with E-state index in [0.29, 0.717) is 26.2 Å². The Balaban J connectivity index is 2.11. The van der Waals surface area contributed by atoms with E-state index < -0.39 is 28.5 Å². The average Bonchev–Trinajstić information content (AvgIpc) is 2.87. The fraction of sp³-hybridized carbons (Fsp3) is 0.310. The third-order valence-corrected chi connectivity index (χ3v) is 8.37. The minimum atomic E-state index is -3.91. The number of hydrogen-bond donors (Lipinski definition) is 1. The van der Waals surface area contributed by atoms with Crippen molar-refractivity contribution in [2.75, 3.05) is 17.1 Å². The van der Waals surface area contributed by atoms with Crippen LogP contribution in [-0.2, 0) is 32.6 Å². The highest BCUT2D eigenvalue weighted by molar-refractivity contribution is 7.92. The average molecular weight is 625 g/mol. The molecule has 40 heavy (non-hydrogen) atoms. The molecule has 0 bridgehead atoms. The highest BCUT2D eigenvalue weighted by Gasteiger charge is 2.34. The monoisotopic (exact) mass is 623 g/mol. The van der Waals surface area contributed by atoms with Crippen LogP contribution in [0.3, 0.4) is 0 Å². The standard InChI is InChI=1S/C29H32Cl3N3O4S/c1-19(2)33-29(37)27(15-21-9-6-5-7-10-21)34(17-22-13-14-23(30)16-25(22)32)28(36)18-35(40(4,38)39)26-12-8-11-24(31)20(26)3/h5-14,16,19,27H,15,17-18H2,1-4H3,(H,33,37)/t27-/m1/s1. The van der Waals surface area contributed by atoms with Crippen LogP contribution in [0.4, 0.5) is 5.69 Å². The lowest BCUT2D eigenvalue weighted by Gasteiger charge is -2.34. The Bertz CT molecular complexity index is 1470. The van der Waals surface area contributed by atoms with Crippen LogP contribution >= 0.6 is 34.8 Å². The fourth-order valence-electron chi connectivity index (χ4n) is 4.23. The first-order valence-corrected chi connectivity index (χ1v) is 15.6. The maximum Gasteiger partial charge on any atom is 0.244 e. The van der Waals surface area contributed by atoms with Crippen LogP contribution in [0.1, 0.15) is 30.5 Å². The van der Waals surface area contributed by atoms with E-state index in [0.717, 1.165) is 16.1 Å². The van der Waals surface area contributed by atoms with E-state index in [9.17, 15) is 18.0 Å². The van der Waals surface area contributed by atoms with Crippen LogP contribution in [0.5, 0.6) is 0 Å². The normalized spacial score (nSPS) is 12.2. The molecule has 1 N–H and O–H groups in total. The second-order valence-corrected chi connectivity index (χ2v) is 12.9. The number of nitrogens with zero attached hydrogens (tertiary/aromatic N) is 2. The van der Waals surface area contributed by atoms with Gasteiger partial charge in [-0.2, -0.15) is 0 Å². The lowest BCUT2D eigenvalue weighted by Crippen LogP contribution is -2.54. The van der Waals surface area contributed by atoms with Gasteiger partial charge in [0.15, 0.2) is 0 Å².